The lowest BCUT2D eigenvalue weighted by molar-refractivity contribution is -0.114. The zero-order valence-corrected chi connectivity index (χ0v) is 18.1. The molecule has 164 valence electrons. The Kier molecular flexibility index (Phi) is 5.74. The van der Waals surface area contributed by atoms with Gasteiger partial charge in [0, 0.05) is 18.7 Å². The van der Waals surface area contributed by atoms with E-state index in [0.29, 0.717) is 31.4 Å². The lowest BCUT2D eigenvalue weighted by atomic mass is 10.0. The van der Waals surface area contributed by atoms with Gasteiger partial charge in [0.05, 0.1) is 30.9 Å². The Morgan fingerprint density at radius 1 is 1.33 bits per heavy atom. The van der Waals surface area contributed by atoms with E-state index in [-0.39, 0.29) is 29.3 Å². The summed E-state index contributed by atoms with van der Waals surface area (Å²) in [6.45, 7) is 6.36. The van der Waals surface area contributed by atoms with Gasteiger partial charge in [0.1, 0.15) is 17.0 Å². The molecule has 1 amide bonds. The average molecular weight is 439 g/mol. The van der Waals surface area contributed by atoms with Gasteiger partial charge in [-0.25, -0.2) is 13.4 Å². The van der Waals surface area contributed by atoms with Crippen molar-refractivity contribution in [2.45, 2.75) is 37.6 Å². The van der Waals surface area contributed by atoms with Crippen LogP contribution in [0.25, 0.3) is 0 Å². The summed E-state index contributed by atoms with van der Waals surface area (Å²) in [5.74, 6) is 0.0312. The minimum absolute atomic E-state index is 0.0124. The Balaban J connectivity index is 2.19. The van der Waals surface area contributed by atoms with Crippen molar-refractivity contribution < 1.29 is 22.7 Å². The molecule has 1 aromatic heterocycles. The van der Waals surface area contributed by atoms with E-state index in [2.05, 4.69) is 15.3 Å². The second-order valence-electron chi connectivity index (χ2n) is 7.84. The van der Waals surface area contributed by atoms with E-state index in [0.717, 1.165) is 12.5 Å². The smallest absolute Gasteiger partial charge is 0.251 e. The molecule has 2 aliphatic heterocycles. The second-order valence-corrected chi connectivity index (χ2v) is 10.4. The molecule has 0 aromatic carbocycles. The van der Waals surface area contributed by atoms with Crippen LogP contribution in [0.3, 0.4) is 0 Å². The Morgan fingerprint density at radius 3 is 2.63 bits per heavy atom. The lowest BCUT2D eigenvalue weighted by Crippen LogP contribution is -2.56. The van der Waals surface area contributed by atoms with Crippen molar-refractivity contribution in [1.29, 1.82) is 5.41 Å². The Bertz CT molecular complexity index is 1010. The summed E-state index contributed by atoms with van der Waals surface area (Å²) >= 11 is 0. The highest BCUT2D eigenvalue weighted by molar-refractivity contribution is 7.91. The molecule has 0 unspecified atom stereocenters. The molecule has 1 saturated heterocycles. The van der Waals surface area contributed by atoms with Gasteiger partial charge in [-0.05, 0) is 20.8 Å². The van der Waals surface area contributed by atoms with Crippen molar-refractivity contribution in [1.82, 2.24) is 9.97 Å². The third-order valence-corrected chi connectivity index (χ3v) is 7.39. The third-order valence-electron chi connectivity index (χ3n) is 5.34. The number of carbonyl (C=O) groups is 1. The van der Waals surface area contributed by atoms with Gasteiger partial charge in [0.2, 0.25) is 5.95 Å². The van der Waals surface area contributed by atoms with Crippen LogP contribution in [0.1, 0.15) is 26.5 Å². The van der Waals surface area contributed by atoms with Crippen LogP contribution in [0.2, 0.25) is 0 Å². The molecule has 4 N–H and O–H groups in total. The Morgan fingerprint density at radius 2 is 2.03 bits per heavy atom. The molecule has 0 radical (unpaired) electrons. The van der Waals surface area contributed by atoms with Crippen LogP contribution in [-0.4, -0.2) is 68.7 Å². The number of amides is 1. The maximum absolute atomic E-state index is 12.5. The first-order valence-corrected chi connectivity index (χ1v) is 11.2. The average Bonchev–Trinajstić information content (AvgIpc) is 2.66. The third kappa shape index (κ3) is 3.84. The maximum Gasteiger partial charge on any atom is 0.251 e. The maximum atomic E-state index is 12.5. The van der Waals surface area contributed by atoms with E-state index in [1.165, 1.54) is 6.20 Å². The quantitative estimate of drug-likeness (QED) is 0.415. The molecular formula is C18H26N6O5S. The molecule has 12 heteroatoms. The number of nitrogens with zero attached hydrogens (tertiary/aromatic N) is 3. The van der Waals surface area contributed by atoms with Gasteiger partial charge in [-0.1, -0.05) is 0 Å². The van der Waals surface area contributed by atoms with Gasteiger partial charge >= 0.3 is 0 Å². The van der Waals surface area contributed by atoms with Crippen molar-refractivity contribution in [2.75, 3.05) is 36.3 Å². The summed E-state index contributed by atoms with van der Waals surface area (Å²) in [6, 6.07) is -0.0851. The Labute approximate surface area is 175 Å². The standard InChI is InChI=1S/C18H26N6O5S/c1-10-7-28-8-12-9-29-13-14(18(2,3)30(4,26)27)22-17(23-16(13)24(10)12)21-6-11(5-19)15(20)25/h5-6,10,12,19H,7-9H2,1-4H3,(H2,20,25)(H,21,22,23)/b11-6+,19-5?/t10-,12+/m1/s1. The molecule has 1 fully saturated rings. The predicted octanol–water partition coefficient (Wildman–Crippen LogP) is 0.173. The van der Waals surface area contributed by atoms with Crippen LogP contribution in [0.15, 0.2) is 11.8 Å². The first-order valence-electron chi connectivity index (χ1n) is 9.35. The van der Waals surface area contributed by atoms with Crippen LogP contribution in [-0.2, 0) is 24.1 Å². The molecule has 30 heavy (non-hydrogen) atoms. The van der Waals surface area contributed by atoms with Gasteiger partial charge in [-0.3, -0.25) is 4.79 Å². The number of nitrogens with two attached hydrogens (primary N) is 1. The number of hydrogen-bond donors (Lipinski definition) is 3. The second kappa shape index (κ2) is 7.84. The number of hydrogen-bond acceptors (Lipinski definition) is 10. The lowest BCUT2D eigenvalue weighted by Gasteiger charge is -2.45. The van der Waals surface area contributed by atoms with Gasteiger partial charge in [-0.2, -0.15) is 4.98 Å². The van der Waals surface area contributed by atoms with Gasteiger partial charge in [0.25, 0.3) is 5.91 Å². The topological polar surface area (TPSA) is 161 Å². The number of rotatable bonds is 6. The summed E-state index contributed by atoms with van der Waals surface area (Å²) in [5, 5.41) is 10.0. The van der Waals surface area contributed by atoms with E-state index < -0.39 is 20.5 Å². The number of sulfone groups is 1. The van der Waals surface area contributed by atoms with Crippen molar-refractivity contribution in [3.8, 4) is 5.75 Å². The highest BCUT2D eigenvalue weighted by atomic mass is 32.2. The van der Waals surface area contributed by atoms with Crippen LogP contribution < -0.4 is 20.7 Å². The number of fused-ring (bicyclic) bond motifs is 3. The summed E-state index contributed by atoms with van der Waals surface area (Å²) in [7, 11) is -3.56. The highest BCUT2D eigenvalue weighted by Crippen LogP contribution is 2.44. The SMILES string of the molecule is C[C@@H]1COC[C@H]2COc3c(nc(N/C=C(\C=N)C(N)=O)nc3C(C)(C)S(C)(=O)=O)N21. The highest BCUT2D eigenvalue weighted by Gasteiger charge is 2.43. The van der Waals surface area contributed by atoms with Crippen molar-refractivity contribution in [3.63, 3.8) is 0 Å². The van der Waals surface area contributed by atoms with E-state index in [1.807, 2.05) is 11.8 Å². The number of primary amides is 1. The summed E-state index contributed by atoms with van der Waals surface area (Å²) in [5.41, 5.74) is 5.34. The van der Waals surface area contributed by atoms with Crippen LogP contribution in [0.5, 0.6) is 5.75 Å². The normalized spacial score (nSPS) is 21.9. The molecule has 0 spiro atoms. The first-order chi connectivity index (χ1) is 14.0. The predicted molar refractivity (Wildman–Crippen MR) is 112 cm³/mol. The van der Waals surface area contributed by atoms with Gasteiger partial charge in [0.15, 0.2) is 21.4 Å². The van der Waals surface area contributed by atoms with E-state index in [1.54, 1.807) is 13.8 Å². The molecule has 3 heterocycles. The molecule has 3 rings (SSSR count). The van der Waals surface area contributed by atoms with Crippen LogP contribution in [0.4, 0.5) is 11.8 Å². The van der Waals surface area contributed by atoms with E-state index >= 15 is 0 Å². The fourth-order valence-corrected chi connectivity index (χ4v) is 3.80. The summed E-state index contributed by atoms with van der Waals surface area (Å²) < 4.78 is 35.2. The number of aromatic nitrogens is 2. The molecule has 0 bridgehead atoms. The molecule has 1 aromatic rings. The van der Waals surface area contributed by atoms with Crippen LogP contribution in [0, 0.1) is 5.41 Å². The number of anilines is 2. The molecule has 11 nitrogen and oxygen atoms in total. The zero-order valence-electron chi connectivity index (χ0n) is 17.3. The van der Waals surface area contributed by atoms with E-state index in [9.17, 15) is 13.2 Å². The Hall–Kier alpha value is -2.73. The molecule has 0 saturated carbocycles. The number of morpholine rings is 1. The summed E-state index contributed by atoms with van der Waals surface area (Å²) in [6.07, 6.45) is 3.15. The van der Waals surface area contributed by atoms with E-state index in [4.69, 9.17) is 20.6 Å². The number of ether oxygens (including phenoxy) is 2. The van der Waals surface area contributed by atoms with Crippen LogP contribution >= 0.6 is 0 Å². The van der Waals surface area contributed by atoms with Gasteiger partial charge < -0.3 is 30.8 Å². The fraction of sp³-hybridized carbons (Fsp3) is 0.556. The first kappa shape index (κ1) is 22.0. The van der Waals surface area contributed by atoms with Crippen molar-refractivity contribution >= 4 is 33.7 Å². The van der Waals surface area contributed by atoms with Crippen molar-refractivity contribution in [2.24, 2.45) is 5.73 Å². The molecular weight excluding hydrogens is 412 g/mol. The monoisotopic (exact) mass is 438 g/mol. The number of nitrogens with one attached hydrogen (secondary N) is 2. The molecule has 2 aliphatic rings. The largest absolute Gasteiger partial charge is 0.486 e. The summed E-state index contributed by atoms with van der Waals surface area (Å²) in [4.78, 5) is 22.3. The molecule has 0 aliphatic carbocycles. The fourth-order valence-electron chi connectivity index (χ4n) is 3.31. The van der Waals surface area contributed by atoms with Gasteiger partial charge in [-0.15, -0.1) is 0 Å². The minimum atomic E-state index is -3.56. The molecule has 2 atom stereocenters. The number of carbonyl (C=O) groups excluding carboxylic acids is 1. The zero-order chi connectivity index (χ0) is 22.3. The van der Waals surface area contributed by atoms with Crippen molar-refractivity contribution in [3.05, 3.63) is 17.5 Å². The minimum Gasteiger partial charge on any atom is -0.486 e.